The van der Waals surface area contributed by atoms with Gasteiger partial charge < -0.3 is 10.2 Å². The van der Waals surface area contributed by atoms with E-state index >= 15 is 0 Å². The summed E-state index contributed by atoms with van der Waals surface area (Å²) in [5.74, 6) is 0. The van der Waals surface area contributed by atoms with Crippen molar-refractivity contribution in [1.29, 1.82) is 0 Å². The molecular formula is C11H14BrN3O2. The lowest BCUT2D eigenvalue weighted by Gasteiger charge is -2.14. The molecule has 0 unspecified atom stereocenters. The smallest absolute Gasteiger partial charge is 0.293 e. The summed E-state index contributed by atoms with van der Waals surface area (Å²) in [5.41, 5.74) is 0.715. The number of likely N-dealkylation sites (tertiary alicyclic amines) is 1. The number of benzene rings is 1. The molecule has 1 atom stereocenters. The van der Waals surface area contributed by atoms with E-state index in [1.807, 2.05) is 6.07 Å². The van der Waals surface area contributed by atoms with Gasteiger partial charge in [-0.3, -0.25) is 10.1 Å². The second kappa shape index (κ2) is 5.01. The van der Waals surface area contributed by atoms with Gasteiger partial charge in [0, 0.05) is 23.1 Å². The lowest BCUT2D eigenvalue weighted by Crippen LogP contribution is -2.23. The Kier molecular flexibility index (Phi) is 3.63. The third kappa shape index (κ3) is 2.95. The summed E-state index contributed by atoms with van der Waals surface area (Å²) >= 11 is 3.25. The van der Waals surface area contributed by atoms with Crippen molar-refractivity contribution >= 4 is 27.3 Å². The van der Waals surface area contributed by atoms with E-state index in [0.29, 0.717) is 11.7 Å². The van der Waals surface area contributed by atoms with Crippen molar-refractivity contribution < 1.29 is 4.92 Å². The van der Waals surface area contributed by atoms with Crippen LogP contribution in [0, 0.1) is 10.1 Å². The molecule has 1 heterocycles. The van der Waals surface area contributed by atoms with Gasteiger partial charge in [-0.15, -0.1) is 0 Å². The zero-order valence-corrected chi connectivity index (χ0v) is 11.1. The number of anilines is 1. The summed E-state index contributed by atoms with van der Waals surface area (Å²) in [6.07, 6.45) is 1.02. The first-order valence-electron chi connectivity index (χ1n) is 5.45. The van der Waals surface area contributed by atoms with Gasteiger partial charge in [-0.2, -0.15) is 0 Å². The summed E-state index contributed by atoms with van der Waals surface area (Å²) in [6, 6.07) is 5.38. The van der Waals surface area contributed by atoms with Crippen molar-refractivity contribution in [2.45, 2.75) is 12.5 Å². The zero-order chi connectivity index (χ0) is 12.4. The minimum atomic E-state index is -0.355. The number of rotatable bonds is 3. The minimum absolute atomic E-state index is 0.119. The van der Waals surface area contributed by atoms with Gasteiger partial charge in [0.1, 0.15) is 5.69 Å². The molecule has 92 valence electrons. The van der Waals surface area contributed by atoms with E-state index in [1.165, 1.54) is 6.07 Å². The molecule has 0 spiro atoms. The molecule has 0 amide bonds. The minimum Gasteiger partial charge on any atom is -0.375 e. The lowest BCUT2D eigenvalue weighted by atomic mass is 10.2. The van der Waals surface area contributed by atoms with Crippen LogP contribution < -0.4 is 5.32 Å². The SMILES string of the molecule is CN1CC[C@@H](Nc2ccc(Br)cc2[N+](=O)[O-])C1. The number of nitrogens with one attached hydrogen (secondary N) is 1. The standard InChI is InChI=1S/C11H14BrN3O2/c1-14-5-4-9(7-14)13-10-3-2-8(12)6-11(10)15(16)17/h2-3,6,9,13H,4-5,7H2,1H3/t9-/m1/s1. The fourth-order valence-corrected chi connectivity index (χ4v) is 2.40. The molecule has 1 saturated heterocycles. The van der Waals surface area contributed by atoms with E-state index in [1.54, 1.807) is 6.07 Å². The van der Waals surface area contributed by atoms with Crippen LogP contribution in [0.1, 0.15) is 6.42 Å². The Bertz CT molecular complexity index is 439. The molecule has 1 aliphatic rings. The number of hydrogen-bond acceptors (Lipinski definition) is 4. The molecule has 5 nitrogen and oxygen atoms in total. The quantitative estimate of drug-likeness (QED) is 0.688. The summed E-state index contributed by atoms with van der Waals surface area (Å²) in [6.45, 7) is 1.95. The van der Waals surface area contributed by atoms with E-state index < -0.39 is 0 Å². The molecule has 1 fully saturated rings. The number of likely N-dealkylation sites (N-methyl/N-ethyl adjacent to an activating group) is 1. The van der Waals surface area contributed by atoms with E-state index in [0.717, 1.165) is 24.0 Å². The summed E-state index contributed by atoms with van der Waals surface area (Å²) in [7, 11) is 2.05. The van der Waals surface area contributed by atoms with Gasteiger partial charge in [0.05, 0.1) is 4.92 Å². The van der Waals surface area contributed by atoms with Crippen molar-refractivity contribution in [3.8, 4) is 0 Å². The molecule has 1 N–H and O–H groups in total. The molecule has 2 rings (SSSR count). The third-order valence-electron chi connectivity index (χ3n) is 2.91. The Labute approximate surface area is 108 Å². The molecule has 0 bridgehead atoms. The Morgan fingerprint density at radius 3 is 2.94 bits per heavy atom. The van der Waals surface area contributed by atoms with Crippen molar-refractivity contribution in [1.82, 2.24) is 4.90 Å². The second-order valence-corrected chi connectivity index (χ2v) is 5.23. The molecule has 0 radical (unpaired) electrons. The fourth-order valence-electron chi connectivity index (χ4n) is 2.05. The first-order valence-corrected chi connectivity index (χ1v) is 6.24. The van der Waals surface area contributed by atoms with E-state index in [2.05, 4.69) is 33.2 Å². The zero-order valence-electron chi connectivity index (χ0n) is 9.52. The Hall–Kier alpha value is -1.14. The normalized spacial score (nSPS) is 20.5. The van der Waals surface area contributed by atoms with Gasteiger partial charge in [-0.25, -0.2) is 0 Å². The second-order valence-electron chi connectivity index (χ2n) is 4.31. The molecule has 0 aromatic heterocycles. The molecule has 1 aromatic carbocycles. The van der Waals surface area contributed by atoms with E-state index in [-0.39, 0.29) is 10.6 Å². The summed E-state index contributed by atoms with van der Waals surface area (Å²) < 4.78 is 0.721. The van der Waals surface area contributed by atoms with E-state index in [4.69, 9.17) is 0 Å². The van der Waals surface area contributed by atoms with Gasteiger partial charge in [0.25, 0.3) is 5.69 Å². The monoisotopic (exact) mass is 299 g/mol. The Morgan fingerprint density at radius 2 is 2.35 bits per heavy atom. The van der Waals surface area contributed by atoms with Crippen molar-refractivity contribution in [3.63, 3.8) is 0 Å². The van der Waals surface area contributed by atoms with Crippen LogP contribution >= 0.6 is 15.9 Å². The van der Waals surface area contributed by atoms with Gasteiger partial charge in [0.2, 0.25) is 0 Å². The van der Waals surface area contributed by atoms with Crippen LogP contribution in [0.4, 0.5) is 11.4 Å². The van der Waals surface area contributed by atoms with Gasteiger partial charge >= 0.3 is 0 Å². The first kappa shape index (κ1) is 12.3. The van der Waals surface area contributed by atoms with Crippen molar-refractivity contribution in [2.75, 3.05) is 25.5 Å². The topological polar surface area (TPSA) is 58.4 Å². The fraction of sp³-hybridized carbons (Fsp3) is 0.455. The van der Waals surface area contributed by atoms with Crippen molar-refractivity contribution in [2.24, 2.45) is 0 Å². The number of halogens is 1. The molecule has 1 aliphatic heterocycles. The van der Waals surface area contributed by atoms with Crippen LogP contribution in [0.2, 0.25) is 0 Å². The van der Waals surface area contributed by atoms with Gasteiger partial charge in [0.15, 0.2) is 0 Å². The maximum Gasteiger partial charge on any atom is 0.293 e. The van der Waals surface area contributed by atoms with Crippen LogP contribution in [-0.2, 0) is 0 Å². The highest BCUT2D eigenvalue weighted by molar-refractivity contribution is 9.10. The highest BCUT2D eigenvalue weighted by Crippen LogP contribution is 2.29. The third-order valence-corrected chi connectivity index (χ3v) is 3.40. The van der Waals surface area contributed by atoms with Crippen LogP contribution in [0.25, 0.3) is 0 Å². The van der Waals surface area contributed by atoms with Crippen LogP contribution in [-0.4, -0.2) is 36.0 Å². The number of nitro groups is 1. The van der Waals surface area contributed by atoms with Crippen molar-refractivity contribution in [3.05, 3.63) is 32.8 Å². The summed E-state index contributed by atoms with van der Waals surface area (Å²) in [4.78, 5) is 12.8. The maximum absolute atomic E-state index is 10.9. The largest absolute Gasteiger partial charge is 0.375 e. The number of hydrogen-bond donors (Lipinski definition) is 1. The average Bonchev–Trinajstić information content (AvgIpc) is 2.66. The van der Waals surface area contributed by atoms with Crippen LogP contribution in [0.3, 0.4) is 0 Å². The van der Waals surface area contributed by atoms with E-state index in [9.17, 15) is 10.1 Å². The summed E-state index contributed by atoms with van der Waals surface area (Å²) in [5, 5.41) is 14.2. The average molecular weight is 300 g/mol. The molecule has 6 heteroatoms. The number of nitro benzene ring substituents is 1. The Balaban J connectivity index is 2.17. The molecule has 17 heavy (non-hydrogen) atoms. The van der Waals surface area contributed by atoms with Crippen LogP contribution in [0.5, 0.6) is 0 Å². The lowest BCUT2D eigenvalue weighted by molar-refractivity contribution is -0.384. The maximum atomic E-state index is 10.9. The highest BCUT2D eigenvalue weighted by atomic mass is 79.9. The highest BCUT2D eigenvalue weighted by Gasteiger charge is 2.22. The molecule has 0 aliphatic carbocycles. The van der Waals surface area contributed by atoms with Gasteiger partial charge in [-0.1, -0.05) is 15.9 Å². The number of nitrogens with zero attached hydrogens (tertiary/aromatic N) is 2. The predicted octanol–water partition coefficient (Wildman–Crippen LogP) is 2.47. The first-order chi connectivity index (χ1) is 8.06. The Morgan fingerprint density at radius 1 is 1.59 bits per heavy atom. The predicted molar refractivity (Wildman–Crippen MR) is 70.3 cm³/mol. The molecule has 1 aromatic rings. The van der Waals surface area contributed by atoms with Crippen LogP contribution in [0.15, 0.2) is 22.7 Å². The molecule has 0 saturated carbocycles. The van der Waals surface area contributed by atoms with Gasteiger partial charge in [-0.05, 0) is 32.1 Å². The molecular weight excluding hydrogens is 286 g/mol.